The third-order valence-electron chi connectivity index (χ3n) is 5.80. The molecule has 0 atom stereocenters. The van der Waals surface area contributed by atoms with Gasteiger partial charge < -0.3 is 9.64 Å². The van der Waals surface area contributed by atoms with E-state index < -0.39 is 15.8 Å². The van der Waals surface area contributed by atoms with Gasteiger partial charge in [-0.15, -0.1) is 11.3 Å². The maximum Gasteiger partial charge on any atom is 0.261 e. The number of hydrogen-bond donors (Lipinski definition) is 1. The summed E-state index contributed by atoms with van der Waals surface area (Å²) in [7, 11) is -4.00. The maximum absolute atomic E-state index is 14.9. The predicted octanol–water partition coefficient (Wildman–Crippen LogP) is 5.24. The van der Waals surface area contributed by atoms with Gasteiger partial charge >= 0.3 is 0 Å². The van der Waals surface area contributed by atoms with Gasteiger partial charge in [0.05, 0.1) is 40.4 Å². The summed E-state index contributed by atoms with van der Waals surface area (Å²) in [6, 6.07) is 9.13. The van der Waals surface area contributed by atoms with Crippen LogP contribution >= 0.6 is 11.3 Å². The van der Waals surface area contributed by atoms with Crippen LogP contribution < -0.4 is 9.62 Å². The molecule has 0 spiro atoms. The first-order chi connectivity index (χ1) is 17.6. The number of sulfonamides is 1. The number of rotatable bonds is 7. The molecule has 0 saturated carbocycles. The van der Waals surface area contributed by atoms with Crippen LogP contribution in [0.3, 0.4) is 0 Å². The Labute approximate surface area is 219 Å². The van der Waals surface area contributed by atoms with Gasteiger partial charge in [0.25, 0.3) is 10.0 Å². The summed E-state index contributed by atoms with van der Waals surface area (Å²) >= 11 is 1.12. The molecule has 11 heteroatoms. The zero-order chi connectivity index (χ0) is 27.2. The minimum atomic E-state index is -4.00. The Morgan fingerprint density at radius 1 is 1.16 bits per heavy atom. The maximum atomic E-state index is 14.9. The number of Topliss-reactive ketones (excluding diaryl/α,β-unsaturated/α-hetero) is 1. The highest BCUT2D eigenvalue weighted by Crippen LogP contribution is 2.33. The molecule has 196 valence electrons. The lowest BCUT2D eigenvalue weighted by Gasteiger charge is -2.31. The van der Waals surface area contributed by atoms with E-state index in [1.807, 2.05) is 4.90 Å². The first-order valence-corrected chi connectivity index (χ1v) is 13.8. The molecular formula is C26H27F2N3O4S2. The van der Waals surface area contributed by atoms with Gasteiger partial charge in [-0.2, -0.15) is 5.26 Å². The van der Waals surface area contributed by atoms with Crippen molar-refractivity contribution in [3.8, 4) is 6.07 Å². The Bertz CT molecular complexity index is 1410. The Kier molecular flexibility index (Phi) is 9.37. The summed E-state index contributed by atoms with van der Waals surface area (Å²) in [6.07, 6.45) is 0.00107. The second kappa shape index (κ2) is 12.3. The van der Waals surface area contributed by atoms with Crippen LogP contribution in [0.25, 0.3) is 0 Å². The van der Waals surface area contributed by atoms with Crippen molar-refractivity contribution >= 4 is 38.5 Å². The van der Waals surface area contributed by atoms with Crippen LogP contribution in [0.2, 0.25) is 0 Å². The molecule has 1 aliphatic heterocycles. The Balaban J connectivity index is 0.00000121. The number of hydrogen-bond acceptors (Lipinski definition) is 7. The molecular weight excluding hydrogens is 520 g/mol. The highest BCUT2D eigenvalue weighted by atomic mass is 32.2. The van der Waals surface area contributed by atoms with E-state index in [2.05, 4.69) is 4.72 Å². The monoisotopic (exact) mass is 547 g/mol. The summed E-state index contributed by atoms with van der Waals surface area (Å²) in [4.78, 5) is 15.3. The number of thiophene rings is 1. The standard InChI is InChI=1S/C24H24F2N2O4S2.C2H3N/c1-15-13-20(26)23(28-8-10-32-11-9-28)16(2)19(15)14-22(29)24-21(7-12-33-24)27-34(30,31)18-5-3-17(25)4-6-18;1-2-3/h3-7,12-13,27H,8-11,14H2,1-2H3;1H3. The Morgan fingerprint density at radius 2 is 1.78 bits per heavy atom. The number of nitrogens with one attached hydrogen (secondary N) is 1. The Morgan fingerprint density at radius 3 is 2.41 bits per heavy atom. The third-order valence-corrected chi connectivity index (χ3v) is 8.14. The largest absolute Gasteiger partial charge is 0.378 e. The van der Waals surface area contributed by atoms with E-state index in [0.717, 1.165) is 35.6 Å². The zero-order valence-corrected chi connectivity index (χ0v) is 22.3. The quantitative estimate of drug-likeness (QED) is 0.407. The van der Waals surface area contributed by atoms with E-state index in [-0.39, 0.29) is 33.5 Å². The van der Waals surface area contributed by atoms with E-state index in [0.29, 0.717) is 48.7 Å². The molecule has 2 aromatic carbocycles. The van der Waals surface area contributed by atoms with Gasteiger partial charge in [0.1, 0.15) is 11.6 Å². The van der Waals surface area contributed by atoms with Crippen LogP contribution in [0.4, 0.5) is 20.2 Å². The molecule has 1 aromatic heterocycles. The molecule has 1 saturated heterocycles. The van der Waals surface area contributed by atoms with Crippen LogP contribution in [-0.4, -0.2) is 40.5 Å². The molecule has 1 fully saturated rings. The van der Waals surface area contributed by atoms with Crippen molar-refractivity contribution in [1.82, 2.24) is 0 Å². The van der Waals surface area contributed by atoms with Gasteiger partial charge in [-0.1, -0.05) is 0 Å². The number of nitrogens with zero attached hydrogens (tertiary/aromatic N) is 2. The molecule has 3 aromatic rings. The SMILES string of the molecule is CC#N.Cc1cc(F)c(N2CCOCC2)c(C)c1CC(=O)c1sccc1NS(=O)(=O)c1ccc(F)cc1. The topological polar surface area (TPSA) is 99.5 Å². The fraction of sp³-hybridized carbons (Fsp3) is 0.308. The van der Waals surface area contributed by atoms with Crippen LogP contribution in [0.15, 0.2) is 46.7 Å². The number of halogens is 2. The molecule has 1 N–H and O–H groups in total. The number of ether oxygens (including phenoxy) is 1. The molecule has 4 rings (SSSR count). The lowest BCUT2D eigenvalue weighted by atomic mass is 9.95. The number of carbonyl (C=O) groups is 1. The minimum absolute atomic E-state index is 0.00107. The van der Waals surface area contributed by atoms with Gasteiger partial charge in [-0.25, -0.2) is 17.2 Å². The van der Waals surface area contributed by atoms with Gasteiger partial charge in [-0.05, 0) is 72.3 Å². The van der Waals surface area contributed by atoms with Gasteiger partial charge in [0.2, 0.25) is 0 Å². The number of benzene rings is 2. The normalized spacial score (nSPS) is 13.4. The van der Waals surface area contributed by atoms with Crippen molar-refractivity contribution in [2.45, 2.75) is 32.1 Å². The predicted molar refractivity (Wildman–Crippen MR) is 140 cm³/mol. The first kappa shape index (κ1) is 28.2. The molecule has 0 radical (unpaired) electrons. The van der Waals surface area contributed by atoms with Gasteiger partial charge in [-0.3, -0.25) is 9.52 Å². The molecule has 0 aliphatic carbocycles. The number of anilines is 2. The van der Waals surface area contributed by atoms with Crippen molar-refractivity contribution in [2.75, 3.05) is 35.9 Å². The van der Waals surface area contributed by atoms with E-state index >= 15 is 0 Å². The van der Waals surface area contributed by atoms with Crippen LogP contribution in [0.5, 0.6) is 0 Å². The van der Waals surface area contributed by atoms with Crippen molar-refractivity contribution in [2.24, 2.45) is 0 Å². The molecule has 7 nitrogen and oxygen atoms in total. The third kappa shape index (κ3) is 6.71. The molecule has 0 amide bonds. The number of aryl methyl sites for hydroxylation is 1. The van der Waals surface area contributed by atoms with E-state index in [4.69, 9.17) is 10.00 Å². The summed E-state index contributed by atoms with van der Waals surface area (Å²) in [6.45, 7) is 7.13. The minimum Gasteiger partial charge on any atom is -0.378 e. The summed E-state index contributed by atoms with van der Waals surface area (Å²) in [5, 5.41) is 8.94. The number of carbonyl (C=O) groups excluding carboxylic acids is 1. The second-order valence-electron chi connectivity index (χ2n) is 8.27. The van der Waals surface area contributed by atoms with E-state index in [9.17, 15) is 22.0 Å². The summed E-state index contributed by atoms with van der Waals surface area (Å²) < 4.78 is 61.3. The van der Waals surface area contributed by atoms with Crippen LogP contribution in [0, 0.1) is 36.8 Å². The van der Waals surface area contributed by atoms with Crippen LogP contribution in [-0.2, 0) is 21.2 Å². The highest BCUT2D eigenvalue weighted by molar-refractivity contribution is 7.92. The van der Waals surface area contributed by atoms with Gasteiger partial charge in [0.15, 0.2) is 5.78 Å². The molecule has 0 bridgehead atoms. The van der Waals surface area contributed by atoms with Crippen molar-refractivity contribution in [3.05, 3.63) is 75.0 Å². The van der Waals surface area contributed by atoms with E-state index in [1.54, 1.807) is 25.3 Å². The van der Waals surface area contributed by atoms with Crippen LogP contribution in [0.1, 0.15) is 33.3 Å². The second-order valence-corrected chi connectivity index (χ2v) is 10.9. The van der Waals surface area contributed by atoms with Crippen molar-refractivity contribution in [3.63, 3.8) is 0 Å². The highest BCUT2D eigenvalue weighted by Gasteiger charge is 2.24. The van der Waals surface area contributed by atoms with Crippen molar-refractivity contribution < 1.29 is 26.7 Å². The first-order valence-electron chi connectivity index (χ1n) is 11.4. The zero-order valence-electron chi connectivity index (χ0n) is 20.7. The average molecular weight is 548 g/mol. The number of ketones is 1. The fourth-order valence-electron chi connectivity index (χ4n) is 4.07. The smallest absolute Gasteiger partial charge is 0.261 e. The van der Waals surface area contributed by atoms with Gasteiger partial charge in [0, 0.05) is 26.4 Å². The average Bonchev–Trinajstić information content (AvgIpc) is 3.30. The molecule has 37 heavy (non-hydrogen) atoms. The lowest BCUT2D eigenvalue weighted by Crippen LogP contribution is -2.37. The number of nitriles is 1. The summed E-state index contributed by atoms with van der Waals surface area (Å²) in [5.74, 6) is -1.17. The molecule has 2 heterocycles. The summed E-state index contributed by atoms with van der Waals surface area (Å²) in [5.41, 5.74) is 2.70. The van der Waals surface area contributed by atoms with E-state index in [1.165, 1.54) is 19.1 Å². The number of morpholine rings is 1. The van der Waals surface area contributed by atoms with Crippen molar-refractivity contribution in [1.29, 1.82) is 5.26 Å². The lowest BCUT2D eigenvalue weighted by molar-refractivity contribution is 0.0997. The Hall–Kier alpha value is -3.33. The fourth-order valence-corrected chi connectivity index (χ4v) is 6.00. The molecule has 0 unspecified atom stereocenters. The molecule has 1 aliphatic rings.